The molecule has 2 aliphatic rings. The van der Waals surface area contributed by atoms with Crippen LogP contribution in [-0.4, -0.2) is 53.0 Å². The molecular weight excluding hydrogens is 322 g/mol. The highest BCUT2D eigenvalue weighted by Crippen LogP contribution is 2.27. The van der Waals surface area contributed by atoms with Gasteiger partial charge in [0.2, 0.25) is 11.8 Å². The van der Waals surface area contributed by atoms with Crippen molar-refractivity contribution < 1.29 is 9.59 Å². The normalized spacial score (nSPS) is 28.9. The molecule has 0 aromatic rings. The number of hydrogen-bond donors (Lipinski definition) is 2. The van der Waals surface area contributed by atoms with Crippen LogP contribution in [0, 0.1) is 5.41 Å². The highest BCUT2D eigenvalue weighted by atomic mass is 35.5. The standard InChI is InChI=1S/C15H27N3O2S.ClH/c1-10-11(6-5-7-16-10)17-13(19)12-8-21-9-18(12)14(20)15(2,3)4;/h10-12,16H,5-9H2,1-4H3,(H,17,19);1H. The molecule has 2 saturated heterocycles. The van der Waals surface area contributed by atoms with E-state index in [-0.39, 0.29) is 36.3 Å². The molecule has 2 amide bonds. The first-order chi connectivity index (χ1) is 9.80. The van der Waals surface area contributed by atoms with Crippen molar-refractivity contribution in [1.82, 2.24) is 15.5 Å². The molecule has 128 valence electrons. The van der Waals surface area contributed by atoms with E-state index >= 15 is 0 Å². The number of nitrogens with zero attached hydrogens (tertiary/aromatic N) is 1. The first-order valence-electron chi connectivity index (χ1n) is 7.73. The average molecular weight is 350 g/mol. The summed E-state index contributed by atoms with van der Waals surface area (Å²) in [6.07, 6.45) is 2.09. The van der Waals surface area contributed by atoms with Crippen molar-refractivity contribution in [2.24, 2.45) is 5.41 Å². The Bertz CT molecular complexity index is 414. The minimum absolute atomic E-state index is 0. The Hall–Kier alpha value is -0.460. The molecule has 0 aromatic heterocycles. The number of thioether (sulfide) groups is 1. The molecule has 2 aliphatic heterocycles. The van der Waals surface area contributed by atoms with Crippen molar-refractivity contribution in [3.63, 3.8) is 0 Å². The lowest BCUT2D eigenvalue weighted by Gasteiger charge is -2.34. The van der Waals surface area contributed by atoms with Gasteiger partial charge in [0.15, 0.2) is 0 Å². The number of halogens is 1. The van der Waals surface area contributed by atoms with Crippen LogP contribution in [0.25, 0.3) is 0 Å². The molecule has 22 heavy (non-hydrogen) atoms. The quantitative estimate of drug-likeness (QED) is 0.795. The Balaban J connectivity index is 0.00000242. The number of carbonyl (C=O) groups is 2. The molecule has 0 aromatic carbocycles. The fourth-order valence-electron chi connectivity index (χ4n) is 2.81. The lowest BCUT2D eigenvalue weighted by molar-refractivity contribution is -0.144. The lowest BCUT2D eigenvalue weighted by atomic mass is 9.94. The summed E-state index contributed by atoms with van der Waals surface area (Å²) < 4.78 is 0. The van der Waals surface area contributed by atoms with Crippen LogP contribution in [0.2, 0.25) is 0 Å². The molecule has 0 spiro atoms. The predicted molar refractivity (Wildman–Crippen MR) is 93.3 cm³/mol. The van der Waals surface area contributed by atoms with Gasteiger partial charge in [-0.2, -0.15) is 0 Å². The molecule has 0 aliphatic carbocycles. The summed E-state index contributed by atoms with van der Waals surface area (Å²) in [4.78, 5) is 26.8. The molecule has 0 saturated carbocycles. The van der Waals surface area contributed by atoms with Crippen LogP contribution in [-0.2, 0) is 9.59 Å². The van der Waals surface area contributed by atoms with Crippen LogP contribution >= 0.6 is 24.2 Å². The molecule has 2 fully saturated rings. The molecule has 2 N–H and O–H groups in total. The van der Waals surface area contributed by atoms with Crippen LogP contribution in [0.1, 0.15) is 40.5 Å². The summed E-state index contributed by atoms with van der Waals surface area (Å²) in [6, 6.07) is 0.141. The predicted octanol–water partition coefficient (Wildman–Crippen LogP) is 1.61. The van der Waals surface area contributed by atoms with Crippen LogP contribution in [0.4, 0.5) is 0 Å². The van der Waals surface area contributed by atoms with E-state index in [2.05, 4.69) is 17.6 Å². The topological polar surface area (TPSA) is 61.4 Å². The SMILES string of the molecule is CC1NCCCC1NC(=O)C1CSCN1C(=O)C(C)(C)C.Cl. The van der Waals surface area contributed by atoms with Crippen molar-refractivity contribution in [2.45, 2.75) is 58.7 Å². The zero-order chi connectivity index (χ0) is 15.6. The van der Waals surface area contributed by atoms with Crippen molar-refractivity contribution in [3.8, 4) is 0 Å². The van der Waals surface area contributed by atoms with E-state index in [4.69, 9.17) is 0 Å². The van der Waals surface area contributed by atoms with Crippen LogP contribution < -0.4 is 10.6 Å². The number of carbonyl (C=O) groups excluding carboxylic acids is 2. The molecule has 2 heterocycles. The highest BCUT2D eigenvalue weighted by Gasteiger charge is 2.39. The van der Waals surface area contributed by atoms with Gasteiger partial charge in [-0.05, 0) is 26.3 Å². The summed E-state index contributed by atoms with van der Waals surface area (Å²) in [5.41, 5.74) is -0.441. The van der Waals surface area contributed by atoms with Crippen LogP contribution in [0.5, 0.6) is 0 Å². The zero-order valence-electron chi connectivity index (χ0n) is 13.8. The Labute approximate surface area is 143 Å². The van der Waals surface area contributed by atoms with Crippen molar-refractivity contribution in [1.29, 1.82) is 0 Å². The van der Waals surface area contributed by atoms with Crippen molar-refractivity contribution in [3.05, 3.63) is 0 Å². The Morgan fingerprint density at radius 1 is 1.32 bits per heavy atom. The number of amides is 2. The molecule has 0 bridgehead atoms. The monoisotopic (exact) mass is 349 g/mol. The summed E-state index contributed by atoms with van der Waals surface area (Å²) in [6.45, 7) is 8.83. The van der Waals surface area contributed by atoms with Gasteiger partial charge in [-0.3, -0.25) is 9.59 Å². The lowest BCUT2D eigenvalue weighted by Crippen LogP contribution is -2.57. The third kappa shape index (κ3) is 4.52. The summed E-state index contributed by atoms with van der Waals surface area (Å²) in [5.74, 6) is 1.37. The number of piperidine rings is 1. The van der Waals surface area contributed by atoms with Gasteiger partial charge in [-0.25, -0.2) is 0 Å². The molecule has 0 radical (unpaired) electrons. The maximum atomic E-state index is 12.6. The maximum absolute atomic E-state index is 12.6. The van der Waals surface area contributed by atoms with E-state index < -0.39 is 5.41 Å². The van der Waals surface area contributed by atoms with Gasteiger partial charge in [-0.15, -0.1) is 24.2 Å². The van der Waals surface area contributed by atoms with Gasteiger partial charge >= 0.3 is 0 Å². The molecule has 3 atom stereocenters. The number of rotatable bonds is 2. The van der Waals surface area contributed by atoms with Crippen molar-refractivity contribution in [2.75, 3.05) is 18.2 Å². The second kappa shape index (κ2) is 7.88. The van der Waals surface area contributed by atoms with E-state index in [0.717, 1.165) is 19.4 Å². The van der Waals surface area contributed by atoms with Crippen LogP contribution in [0.3, 0.4) is 0 Å². The van der Waals surface area contributed by atoms with Crippen molar-refractivity contribution >= 4 is 36.0 Å². The van der Waals surface area contributed by atoms with E-state index in [1.165, 1.54) is 0 Å². The molecular formula is C15H28ClN3O2S. The molecule has 5 nitrogen and oxygen atoms in total. The van der Waals surface area contributed by atoms with Gasteiger partial charge in [0, 0.05) is 23.3 Å². The van der Waals surface area contributed by atoms with E-state index in [1.807, 2.05) is 20.8 Å². The Kier molecular flexibility index (Phi) is 7.02. The summed E-state index contributed by atoms with van der Waals surface area (Å²) in [7, 11) is 0. The van der Waals surface area contributed by atoms with E-state index in [9.17, 15) is 9.59 Å². The van der Waals surface area contributed by atoms with E-state index in [1.54, 1.807) is 16.7 Å². The third-order valence-electron chi connectivity index (χ3n) is 4.18. The van der Waals surface area contributed by atoms with Gasteiger partial charge in [-0.1, -0.05) is 20.8 Å². The highest BCUT2D eigenvalue weighted by molar-refractivity contribution is 7.99. The van der Waals surface area contributed by atoms with Crippen LogP contribution in [0.15, 0.2) is 0 Å². The van der Waals surface area contributed by atoms with Gasteiger partial charge in [0.25, 0.3) is 0 Å². The van der Waals surface area contributed by atoms with Gasteiger partial charge < -0.3 is 15.5 Å². The fourth-order valence-corrected chi connectivity index (χ4v) is 3.96. The minimum atomic E-state index is -0.441. The number of nitrogens with one attached hydrogen (secondary N) is 2. The third-order valence-corrected chi connectivity index (χ3v) is 5.19. The van der Waals surface area contributed by atoms with Gasteiger partial charge in [0.1, 0.15) is 6.04 Å². The fraction of sp³-hybridized carbons (Fsp3) is 0.867. The first-order valence-corrected chi connectivity index (χ1v) is 8.89. The second-order valence-corrected chi connectivity index (χ2v) is 8.04. The smallest absolute Gasteiger partial charge is 0.243 e. The molecule has 3 unspecified atom stereocenters. The summed E-state index contributed by atoms with van der Waals surface area (Å²) in [5, 5.41) is 6.52. The Morgan fingerprint density at radius 3 is 2.59 bits per heavy atom. The van der Waals surface area contributed by atoms with Gasteiger partial charge in [0.05, 0.1) is 5.88 Å². The minimum Gasteiger partial charge on any atom is -0.350 e. The zero-order valence-corrected chi connectivity index (χ0v) is 15.5. The van der Waals surface area contributed by atoms with E-state index in [0.29, 0.717) is 17.7 Å². The largest absolute Gasteiger partial charge is 0.350 e. The Morgan fingerprint density at radius 2 is 2.00 bits per heavy atom. The second-order valence-electron chi connectivity index (χ2n) is 7.04. The molecule has 2 rings (SSSR count). The molecule has 7 heteroatoms. The maximum Gasteiger partial charge on any atom is 0.243 e. The summed E-state index contributed by atoms with van der Waals surface area (Å²) >= 11 is 1.65. The number of hydrogen-bond acceptors (Lipinski definition) is 4. The average Bonchev–Trinajstić information content (AvgIpc) is 2.88. The first kappa shape index (κ1) is 19.6.